The Labute approximate surface area is 125 Å². The molecule has 118 valence electrons. The van der Waals surface area contributed by atoms with Gasteiger partial charge in [-0.15, -0.1) is 0 Å². The molecule has 0 amide bonds. The normalized spacial score (nSPS) is 23.1. The van der Waals surface area contributed by atoms with Gasteiger partial charge in [0.2, 0.25) is 0 Å². The molecular weight excluding hydrogens is 290 g/mol. The zero-order valence-corrected chi connectivity index (χ0v) is 13.1. The fraction of sp³-hybridized carbons (Fsp3) is 0.600. The van der Waals surface area contributed by atoms with Crippen molar-refractivity contribution in [2.24, 2.45) is 0 Å². The van der Waals surface area contributed by atoms with Crippen molar-refractivity contribution < 1.29 is 18.6 Å². The number of piperidine rings is 1. The van der Waals surface area contributed by atoms with E-state index in [1.54, 1.807) is 12.1 Å². The number of phenols is 1. The van der Waals surface area contributed by atoms with Gasteiger partial charge in [-0.1, -0.05) is 18.6 Å². The van der Waals surface area contributed by atoms with Crippen LogP contribution >= 0.6 is 0 Å². The molecule has 2 atom stereocenters. The Morgan fingerprint density at radius 3 is 2.67 bits per heavy atom. The standard InChI is InChI=1S/C15H23NO4S/c1-21(19,20)10-12-7-11(5-6-15(12)18)8-13-3-2-4-14(9-17)16-13/h5-7,13-14,16-18H,2-4,8-10H2,1H3. The summed E-state index contributed by atoms with van der Waals surface area (Å²) in [6.07, 6.45) is 5.04. The second-order valence-corrected chi connectivity index (χ2v) is 8.05. The first-order valence-electron chi connectivity index (χ1n) is 7.23. The number of aromatic hydroxyl groups is 1. The molecule has 1 aromatic carbocycles. The molecule has 1 aromatic rings. The predicted octanol–water partition coefficient (Wildman–Crippen LogP) is 0.982. The number of aliphatic hydroxyl groups is 1. The van der Waals surface area contributed by atoms with Crippen LogP contribution in [0.2, 0.25) is 0 Å². The van der Waals surface area contributed by atoms with E-state index in [9.17, 15) is 18.6 Å². The van der Waals surface area contributed by atoms with Gasteiger partial charge in [0.05, 0.1) is 12.4 Å². The van der Waals surface area contributed by atoms with Crippen molar-refractivity contribution >= 4 is 9.84 Å². The average molecular weight is 313 g/mol. The number of hydrogen-bond acceptors (Lipinski definition) is 5. The van der Waals surface area contributed by atoms with Crippen LogP contribution in [0.1, 0.15) is 30.4 Å². The van der Waals surface area contributed by atoms with Crippen LogP contribution in [-0.2, 0) is 22.0 Å². The summed E-state index contributed by atoms with van der Waals surface area (Å²) < 4.78 is 22.8. The van der Waals surface area contributed by atoms with Crippen LogP contribution in [0, 0.1) is 0 Å². The maximum atomic E-state index is 11.4. The van der Waals surface area contributed by atoms with Crippen molar-refractivity contribution in [2.45, 2.75) is 43.5 Å². The Bertz CT molecular complexity index is 585. The molecule has 1 aliphatic rings. The van der Waals surface area contributed by atoms with Crippen LogP contribution in [-0.4, -0.2) is 43.6 Å². The highest BCUT2D eigenvalue weighted by Crippen LogP contribution is 2.23. The van der Waals surface area contributed by atoms with Crippen LogP contribution in [0.15, 0.2) is 18.2 Å². The van der Waals surface area contributed by atoms with Crippen LogP contribution < -0.4 is 5.32 Å². The van der Waals surface area contributed by atoms with Crippen molar-refractivity contribution in [3.63, 3.8) is 0 Å². The number of benzene rings is 1. The summed E-state index contributed by atoms with van der Waals surface area (Å²) in [5.41, 5.74) is 1.45. The summed E-state index contributed by atoms with van der Waals surface area (Å²) in [5, 5.41) is 22.4. The maximum absolute atomic E-state index is 11.4. The summed E-state index contributed by atoms with van der Waals surface area (Å²) in [5.74, 6) is -0.127. The monoisotopic (exact) mass is 313 g/mol. The molecular formula is C15H23NO4S. The Kier molecular flexibility index (Phi) is 5.24. The summed E-state index contributed by atoms with van der Waals surface area (Å²) in [4.78, 5) is 0. The smallest absolute Gasteiger partial charge is 0.151 e. The van der Waals surface area contributed by atoms with Crippen LogP contribution in [0.4, 0.5) is 0 Å². The van der Waals surface area contributed by atoms with Gasteiger partial charge in [-0.3, -0.25) is 0 Å². The van der Waals surface area contributed by atoms with Crippen molar-refractivity contribution in [3.8, 4) is 5.75 Å². The molecule has 1 heterocycles. The summed E-state index contributed by atoms with van der Waals surface area (Å²) in [6.45, 7) is 0.144. The Morgan fingerprint density at radius 1 is 1.29 bits per heavy atom. The topological polar surface area (TPSA) is 86.6 Å². The average Bonchev–Trinajstić information content (AvgIpc) is 2.41. The van der Waals surface area contributed by atoms with Gasteiger partial charge in [-0.25, -0.2) is 8.42 Å². The fourth-order valence-corrected chi connectivity index (χ4v) is 3.66. The van der Waals surface area contributed by atoms with Crippen molar-refractivity contribution in [2.75, 3.05) is 12.9 Å². The largest absolute Gasteiger partial charge is 0.508 e. The van der Waals surface area contributed by atoms with E-state index in [1.165, 1.54) is 0 Å². The Hall–Kier alpha value is -1.11. The third-order valence-corrected chi connectivity index (χ3v) is 4.68. The number of phenolic OH excluding ortho intramolecular Hbond substituents is 1. The molecule has 2 rings (SSSR count). The molecule has 2 unspecified atom stereocenters. The van der Waals surface area contributed by atoms with E-state index in [4.69, 9.17) is 0 Å². The third kappa shape index (κ3) is 4.98. The van der Waals surface area contributed by atoms with Gasteiger partial charge >= 0.3 is 0 Å². The molecule has 21 heavy (non-hydrogen) atoms. The molecule has 6 heteroatoms. The Balaban J connectivity index is 2.08. The summed E-state index contributed by atoms with van der Waals surface area (Å²) in [6, 6.07) is 5.58. The van der Waals surface area contributed by atoms with E-state index < -0.39 is 9.84 Å². The SMILES string of the molecule is CS(=O)(=O)Cc1cc(CC2CCCC(CO)N2)ccc1O. The van der Waals surface area contributed by atoms with Gasteiger partial charge in [-0.2, -0.15) is 0 Å². The number of aliphatic hydroxyl groups excluding tert-OH is 1. The van der Waals surface area contributed by atoms with E-state index in [0.29, 0.717) is 5.56 Å². The first-order valence-corrected chi connectivity index (χ1v) is 9.29. The minimum Gasteiger partial charge on any atom is -0.508 e. The molecule has 1 saturated heterocycles. The first kappa shape index (κ1) is 16.3. The van der Waals surface area contributed by atoms with Crippen molar-refractivity contribution in [1.82, 2.24) is 5.32 Å². The van der Waals surface area contributed by atoms with Crippen molar-refractivity contribution in [1.29, 1.82) is 0 Å². The van der Waals surface area contributed by atoms with Crippen LogP contribution in [0.3, 0.4) is 0 Å². The zero-order valence-electron chi connectivity index (χ0n) is 12.2. The number of nitrogens with one attached hydrogen (secondary N) is 1. The highest BCUT2D eigenvalue weighted by molar-refractivity contribution is 7.89. The molecule has 1 aliphatic heterocycles. The fourth-order valence-electron chi connectivity index (χ4n) is 2.86. The molecule has 0 saturated carbocycles. The highest BCUT2D eigenvalue weighted by Gasteiger charge is 2.21. The summed E-state index contributed by atoms with van der Waals surface area (Å²) in [7, 11) is -3.17. The molecule has 0 bridgehead atoms. The minimum absolute atomic E-state index is 0.0222. The van der Waals surface area contributed by atoms with Gasteiger partial charge in [-0.05, 0) is 30.9 Å². The quantitative estimate of drug-likeness (QED) is 0.754. The van der Waals surface area contributed by atoms with E-state index in [-0.39, 0.29) is 30.2 Å². The zero-order chi connectivity index (χ0) is 15.5. The van der Waals surface area contributed by atoms with Gasteiger partial charge in [0.15, 0.2) is 9.84 Å². The third-order valence-electron chi connectivity index (χ3n) is 3.84. The van der Waals surface area contributed by atoms with Crippen molar-refractivity contribution in [3.05, 3.63) is 29.3 Å². The van der Waals surface area contributed by atoms with Gasteiger partial charge in [0, 0.05) is 23.9 Å². The lowest BCUT2D eigenvalue weighted by Gasteiger charge is -2.30. The second kappa shape index (κ2) is 6.77. The molecule has 0 aromatic heterocycles. The maximum Gasteiger partial charge on any atom is 0.151 e. The second-order valence-electron chi connectivity index (χ2n) is 5.91. The molecule has 0 spiro atoms. The van der Waals surface area contributed by atoms with E-state index >= 15 is 0 Å². The van der Waals surface area contributed by atoms with E-state index in [2.05, 4.69) is 5.32 Å². The Morgan fingerprint density at radius 2 is 2.00 bits per heavy atom. The number of rotatable bonds is 5. The number of hydrogen-bond donors (Lipinski definition) is 3. The lowest BCUT2D eigenvalue weighted by molar-refractivity contribution is 0.197. The van der Waals surface area contributed by atoms with Gasteiger partial charge < -0.3 is 15.5 Å². The number of sulfone groups is 1. The minimum atomic E-state index is -3.17. The first-order chi connectivity index (χ1) is 9.87. The highest BCUT2D eigenvalue weighted by atomic mass is 32.2. The van der Waals surface area contributed by atoms with Gasteiger partial charge in [0.1, 0.15) is 5.75 Å². The molecule has 5 nitrogen and oxygen atoms in total. The predicted molar refractivity (Wildman–Crippen MR) is 82.0 cm³/mol. The van der Waals surface area contributed by atoms with Crippen LogP contribution in [0.25, 0.3) is 0 Å². The lowest BCUT2D eigenvalue weighted by atomic mass is 9.93. The lowest BCUT2D eigenvalue weighted by Crippen LogP contribution is -2.45. The molecule has 3 N–H and O–H groups in total. The van der Waals surface area contributed by atoms with Crippen LogP contribution in [0.5, 0.6) is 5.75 Å². The molecule has 0 radical (unpaired) electrons. The molecule has 0 aliphatic carbocycles. The van der Waals surface area contributed by atoms with E-state index in [0.717, 1.165) is 37.5 Å². The van der Waals surface area contributed by atoms with E-state index in [1.807, 2.05) is 6.07 Å². The summed E-state index contributed by atoms with van der Waals surface area (Å²) >= 11 is 0. The van der Waals surface area contributed by atoms with Gasteiger partial charge in [0.25, 0.3) is 0 Å². The molecule has 1 fully saturated rings.